The number of hydrogen-bond donors (Lipinski definition) is 2. The van der Waals surface area contributed by atoms with Gasteiger partial charge in [0, 0.05) is 6.54 Å². The Kier molecular flexibility index (Phi) is 7.35. The van der Waals surface area contributed by atoms with Crippen LogP contribution in [0.2, 0.25) is 0 Å². The molecule has 4 rings (SSSR count). The first kappa shape index (κ1) is 21.7. The maximum atomic E-state index is 11.5. The minimum Gasteiger partial charge on any atom is -0.371 e. The number of hydrogen-bond acceptors (Lipinski definition) is 4. The van der Waals surface area contributed by atoms with Crippen molar-refractivity contribution in [1.29, 1.82) is 0 Å². The average Bonchev–Trinajstić information content (AvgIpc) is 3.02. The van der Waals surface area contributed by atoms with E-state index in [1.807, 2.05) is 11.0 Å². The zero-order chi connectivity index (χ0) is 20.8. The smallest absolute Gasteiger partial charge is 0.194 e. The Labute approximate surface area is 183 Å². The molecule has 0 saturated heterocycles. The van der Waals surface area contributed by atoms with Crippen molar-refractivity contribution in [2.75, 3.05) is 6.54 Å². The van der Waals surface area contributed by atoms with Gasteiger partial charge in [-0.25, -0.2) is 4.99 Å². The van der Waals surface area contributed by atoms with Crippen molar-refractivity contribution in [3.05, 3.63) is 35.9 Å². The quantitative estimate of drug-likeness (QED) is 0.614. The van der Waals surface area contributed by atoms with E-state index in [1.165, 1.54) is 76.2 Å². The van der Waals surface area contributed by atoms with Crippen molar-refractivity contribution >= 4 is 5.96 Å². The van der Waals surface area contributed by atoms with E-state index in [2.05, 4.69) is 24.3 Å². The number of nitrogens with two attached hydrogens (primary N) is 1. The average molecular weight is 412 g/mol. The monoisotopic (exact) mass is 411 g/mol. The first-order valence-corrected chi connectivity index (χ1v) is 12.5. The first-order valence-electron chi connectivity index (χ1n) is 12.5. The molecule has 1 aliphatic heterocycles. The molecule has 0 amide bonds. The third-order valence-electron chi connectivity index (χ3n) is 7.97. The molecule has 4 nitrogen and oxygen atoms in total. The number of nitrogens with zero attached hydrogens (tertiary/aromatic N) is 2. The standard InChI is InChI=1S/C26H41N3O/c27-25-28-26(20-23-14-8-3-9-15-23,18-16-21-10-4-1-5-11-21)24(30)29(25)19-17-22-12-6-2-7-13-22/h2,6-7,12-13,21,23-24,30H,1,3-5,8-11,14-20H2,(H2,27,28)/t24?,26-/m1/s1. The molecule has 2 fully saturated rings. The van der Waals surface area contributed by atoms with E-state index in [0.29, 0.717) is 11.9 Å². The number of rotatable bonds is 8. The molecular weight excluding hydrogens is 370 g/mol. The molecule has 0 aromatic heterocycles. The Bertz CT molecular complexity index is 679. The maximum absolute atomic E-state index is 11.5. The maximum Gasteiger partial charge on any atom is 0.194 e. The van der Waals surface area contributed by atoms with Crippen molar-refractivity contribution in [1.82, 2.24) is 4.90 Å². The molecule has 3 N–H and O–H groups in total. The summed E-state index contributed by atoms with van der Waals surface area (Å²) in [6.45, 7) is 0.732. The van der Waals surface area contributed by atoms with Crippen molar-refractivity contribution < 1.29 is 5.11 Å². The third-order valence-corrected chi connectivity index (χ3v) is 7.97. The lowest BCUT2D eigenvalue weighted by Crippen LogP contribution is -2.50. The normalized spacial score (nSPS) is 28.6. The second-order valence-electron chi connectivity index (χ2n) is 10.1. The lowest BCUT2D eigenvalue weighted by atomic mass is 9.74. The van der Waals surface area contributed by atoms with Gasteiger partial charge in [0.1, 0.15) is 5.54 Å². The molecule has 30 heavy (non-hydrogen) atoms. The highest BCUT2D eigenvalue weighted by atomic mass is 16.3. The zero-order valence-electron chi connectivity index (χ0n) is 18.6. The van der Waals surface area contributed by atoms with Crippen LogP contribution in [0.3, 0.4) is 0 Å². The summed E-state index contributed by atoms with van der Waals surface area (Å²) in [6, 6.07) is 10.5. The van der Waals surface area contributed by atoms with Crippen LogP contribution in [-0.4, -0.2) is 34.3 Å². The Hall–Kier alpha value is -1.55. The summed E-state index contributed by atoms with van der Waals surface area (Å²) in [7, 11) is 0. The van der Waals surface area contributed by atoms with Crippen LogP contribution in [0.5, 0.6) is 0 Å². The van der Waals surface area contributed by atoms with Crippen molar-refractivity contribution in [2.45, 2.75) is 102 Å². The van der Waals surface area contributed by atoms with E-state index in [-0.39, 0.29) is 0 Å². The molecule has 1 unspecified atom stereocenters. The first-order chi connectivity index (χ1) is 14.7. The topological polar surface area (TPSA) is 61.9 Å². The van der Waals surface area contributed by atoms with Crippen LogP contribution in [0.25, 0.3) is 0 Å². The molecule has 0 radical (unpaired) electrons. The van der Waals surface area contributed by atoms with Gasteiger partial charge in [0.25, 0.3) is 0 Å². The van der Waals surface area contributed by atoms with E-state index < -0.39 is 11.8 Å². The highest BCUT2D eigenvalue weighted by Gasteiger charge is 2.48. The van der Waals surface area contributed by atoms with Gasteiger partial charge >= 0.3 is 0 Å². The van der Waals surface area contributed by atoms with E-state index >= 15 is 0 Å². The Morgan fingerprint density at radius 3 is 2.23 bits per heavy atom. The summed E-state index contributed by atoms with van der Waals surface area (Å²) in [4.78, 5) is 7.03. The van der Waals surface area contributed by atoms with Crippen LogP contribution in [0, 0.1) is 11.8 Å². The number of guanidine groups is 1. The summed E-state index contributed by atoms with van der Waals surface area (Å²) in [6.07, 6.45) is 16.9. The van der Waals surface area contributed by atoms with Gasteiger partial charge < -0.3 is 15.7 Å². The predicted octanol–water partition coefficient (Wildman–Crippen LogP) is 5.25. The fourth-order valence-corrected chi connectivity index (χ4v) is 6.16. The van der Waals surface area contributed by atoms with Gasteiger partial charge in [-0.3, -0.25) is 0 Å². The van der Waals surface area contributed by atoms with E-state index in [9.17, 15) is 5.11 Å². The zero-order valence-corrected chi connectivity index (χ0v) is 18.6. The van der Waals surface area contributed by atoms with E-state index in [4.69, 9.17) is 10.7 Å². The third kappa shape index (κ3) is 5.19. The highest BCUT2D eigenvalue weighted by molar-refractivity contribution is 5.81. The largest absolute Gasteiger partial charge is 0.371 e. The molecule has 1 aromatic carbocycles. The van der Waals surface area contributed by atoms with Gasteiger partial charge in [0.2, 0.25) is 0 Å². The van der Waals surface area contributed by atoms with Gasteiger partial charge in [-0.15, -0.1) is 0 Å². The summed E-state index contributed by atoms with van der Waals surface area (Å²) < 4.78 is 0. The highest BCUT2D eigenvalue weighted by Crippen LogP contribution is 2.42. The van der Waals surface area contributed by atoms with Crippen molar-refractivity contribution in [3.8, 4) is 0 Å². The van der Waals surface area contributed by atoms with Crippen LogP contribution in [0.15, 0.2) is 35.3 Å². The summed E-state index contributed by atoms with van der Waals surface area (Å²) in [5.41, 5.74) is 7.32. The summed E-state index contributed by atoms with van der Waals surface area (Å²) in [5.74, 6) is 2.05. The lowest BCUT2D eigenvalue weighted by Gasteiger charge is -2.38. The van der Waals surface area contributed by atoms with Gasteiger partial charge in [0.05, 0.1) is 0 Å². The second-order valence-corrected chi connectivity index (χ2v) is 10.1. The Morgan fingerprint density at radius 1 is 0.933 bits per heavy atom. The molecule has 2 aliphatic carbocycles. The lowest BCUT2D eigenvalue weighted by molar-refractivity contribution is -0.0132. The van der Waals surface area contributed by atoms with Gasteiger partial charge in [-0.05, 0) is 43.1 Å². The number of aliphatic hydroxyl groups excluding tert-OH is 1. The molecular formula is C26H41N3O. The summed E-state index contributed by atoms with van der Waals surface area (Å²) in [5, 5.41) is 11.5. The minimum absolute atomic E-state index is 0.403. The SMILES string of the molecule is NC1=N[C@](CCC2CCCCC2)(CC2CCCCC2)C(O)N1CCc1ccccc1. The van der Waals surface area contributed by atoms with E-state index in [1.54, 1.807) is 0 Å². The molecule has 0 spiro atoms. The Balaban J connectivity index is 1.45. The van der Waals surface area contributed by atoms with E-state index in [0.717, 1.165) is 31.7 Å². The molecule has 2 atom stereocenters. The number of benzene rings is 1. The van der Waals surface area contributed by atoms with Crippen LogP contribution >= 0.6 is 0 Å². The fourth-order valence-electron chi connectivity index (χ4n) is 6.16. The predicted molar refractivity (Wildman–Crippen MR) is 124 cm³/mol. The van der Waals surface area contributed by atoms with Crippen LogP contribution < -0.4 is 5.73 Å². The molecule has 2 saturated carbocycles. The molecule has 1 heterocycles. The summed E-state index contributed by atoms with van der Waals surface area (Å²) >= 11 is 0. The number of aliphatic hydroxyl groups is 1. The molecule has 4 heteroatoms. The van der Waals surface area contributed by atoms with Gasteiger partial charge in [-0.1, -0.05) is 94.5 Å². The number of aliphatic imine (C=N–C) groups is 1. The fraction of sp³-hybridized carbons (Fsp3) is 0.731. The van der Waals surface area contributed by atoms with Crippen molar-refractivity contribution in [2.24, 2.45) is 22.6 Å². The molecule has 0 bridgehead atoms. The van der Waals surface area contributed by atoms with Gasteiger partial charge in [-0.2, -0.15) is 0 Å². The minimum atomic E-state index is -0.577. The van der Waals surface area contributed by atoms with Crippen LogP contribution in [-0.2, 0) is 6.42 Å². The van der Waals surface area contributed by atoms with Crippen LogP contribution in [0.4, 0.5) is 0 Å². The Morgan fingerprint density at radius 2 is 1.57 bits per heavy atom. The van der Waals surface area contributed by atoms with Gasteiger partial charge in [0.15, 0.2) is 12.2 Å². The molecule has 166 valence electrons. The van der Waals surface area contributed by atoms with Crippen molar-refractivity contribution in [3.63, 3.8) is 0 Å². The van der Waals surface area contributed by atoms with Crippen LogP contribution in [0.1, 0.15) is 89.0 Å². The molecule has 3 aliphatic rings. The second kappa shape index (κ2) is 10.2. The molecule has 1 aromatic rings.